The maximum Gasteiger partial charge on any atom is 0.338 e. The molecule has 0 atom stereocenters. The fraction of sp³-hybridized carbons (Fsp3) is 0.0741. The lowest BCUT2D eigenvalue weighted by molar-refractivity contribution is 0.0450. The van der Waals surface area contributed by atoms with Gasteiger partial charge in [-0.05, 0) is 60.7 Å². The summed E-state index contributed by atoms with van der Waals surface area (Å²) >= 11 is 0. The van der Waals surface area contributed by atoms with E-state index in [1.807, 2.05) is 78.9 Å². The molecule has 0 amide bonds. The molecule has 4 aromatic rings. The number of hydrogen-bond acceptors (Lipinski definition) is 4. The van der Waals surface area contributed by atoms with Gasteiger partial charge < -0.3 is 14.4 Å². The topological polar surface area (TPSA) is 38.8 Å². The Hall–Kier alpha value is -4.05. The van der Waals surface area contributed by atoms with E-state index in [1.165, 1.54) is 0 Å². The summed E-state index contributed by atoms with van der Waals surface area (Å²) in [6.45, 7) is 0.481. The minimum atomic E-state index is -0.346. The maximum atomic E-state index is 12.0. The molecule has 0 N–H and O–H groups in total. The highest BCUT2D eigenvalue weighted by molar-refractivity contribution is 5.89. The summed E-state index contributed by atoms with van der Waals surface area (Å²) < 4.78 is 11.0. The molecule has 0 spiro atoms. The van der Waals surface area contributed by atoms with E-state index in [2.05, 4.69) is 29.2 Å². The Morgan fingerprint density at radius 2 is 1.06 bits per heavy atom. The summed E-state index contributed by atoms with van der Waals surface area (Å²) in [6.07, 6.45) is 0. The minimum Gasteiger partial charge on any atom is -0.490 e. The van der Waals surface area contributed by atoms with Crippen LogP contribution in [0, 0.1) is 0 Å². The van der Waals surface area contributed by atoms with Crippen LogP contribution in [-0.4, -0.2) is 19.2 Å². The average molecular weight is 409 g/mol. The van der Waals surface area contributed by atoms with Gasteiger partial charge in [-0.1, -0.05) is 54.6 Å². The van der Waals surface area contributed by atoms with Gasteiger partial charge in [0.15, 0.2) is 0 Å². The molecule has 4 nitrogen and oxygen atoms in total. The van der Waals surface area contributed by atoms with Crippen LogP contribution < -0.4 is 9.64 Å². The molecule has 0 unspecified atom stereocenters. The molecule has 0 fully saturated rings. The molecule has 0 saturated carbocycles. The van der Waals surface area contributed by atoms with Crippen LogP contribution in [0.3, 0.4) is 0 Å². The average Bonchev–Trinajstić information content (AvgIpc) is 2.85. The number of benzene rings is 4. The van der Waals surface area contributed by atoms with E-state index in [-0.39, 0.29) is 12.6 Å². The molecule has 4 aromatic carbocycles. The summed E-state index contributed by atoms with van der Waals surface area (Å²) in [5.41, 5.74) is 3.72. The van der Waals surface area contributed by atoms with Crippen molar-refractivity contribution in [2.45, 2.75) is 0 Å². The summed E-state index contributed by atoms with van der Waals surface area (Å²) in [5.74, 6) is 0.376. The van der Waals surface area contributed by atoms with Gasteiger partial charge in [0.1, 0.15) is 19.0 Å². The third kappa shape index (κ3) is 5.31. The first-order valence-corrected chi connectivity index (χ1v) is 10.2. The Balaban J connectivity index is 1.39. The number of ether oxygens (including phenoxy) is 2. The quantitative estimate of drug-likeness (QED) is 0.250. The number of para-hydroxylation sites is 2. The predicted molar refractivity (Wildman–Crippen MR) is 123 cm³/mol. The largest absolute Gasteiger partial charge is 0.490 e. The van der Waals surface area contributed by atoms with Gasteiger partial charge in [0, 0.05) is 17.1 Å². The van der Waals surface area contributed by atoms with Gasteiger partial charge in [-0.15, -0.1) is 0 Å². The van der Waals surface area contributed by atoms with Crippen molar-refractivity contribution in [2.75, 3.05) is 18.1 Å². The van der Waals surface area contributed by atoms with Crippen molar-refractivity contribution in [2.24, 2.45) is 0 Å². The van der Waals surface area contributed by atoms with E-state index in [0.717, 1.165) is 22.8 Å². The Morgan fingerprint density at radius 3 is 1.61 bits per heavy atom. The van der Waals surface area contributed by atoms with Crippen LogP contribution >= 0.6 is 0 Å². The third-order valence-corrected chi connectivity index (χ3v) is 4.72. The number of anilines is 3. The normalized spacial score (nSPS) is 10.3. The minimum absolute atomic E-state index is 0.190. The standard InChI is InChI=1S/C27H23NO3/c29-27(22-10-4-1-5-11-22)31-21-20-30-26-18-16-25(17-19-26)28(23-12-6-2-7-13-23)24-14-8-3-9-15-24/h1-19H,20-21H2. The van der Waals surface area contributed by atoms with Gasteiger partial charge in [-0.2, -0.15) is 0 Å². The Morgan fingerprint density at radius 1 is 0.581 bits per heavy atom. The highest BCUT2D eigenvalue weighted by atomic mass is 16.6. The number of carbonyl (C=O) groups is 1. The second-order valence-corrected chi connectivity index (χ2v) is 6.85. The van der Waals surface area contributed by atoms with E-state index in [0.29, 0.717) is 12.2 Å². The fourth-order valence-electron chi connectivity index (χ4n) is 3.24. The molecule has 0 aromatic heterocycles. The van der Waals surface area contributed by atoms with E-state index in [4.69, 9.17) is 9.47 Å². The molecule has 0 aliphatic heterocycles. The molecule has 0 heterocycles. The van der Waals surface area contributed by atoms with Crippen LogP contribution in [0.15, 0.2) is 115 Å². The van der Waals surface area contributed by atoms with Crippen LogP contribution in [-0.2, 0) is 4.74 Å². The van der Waals surface area contributed by atoms with Gasteiger partial charge in [-0.25, -0.2) is 4.79 Å². The van der Waals surface area contributed by atoms with Gasteiger partial charge in [0.2, 0.25) is 0 Å². The lowest BCUT2D eigenvalue weighted by Gasteiger charge is -2.25. The van der Waals surface area contributed by atoms with Gasteiger partial charge >= 0.3 is 5.97 Å². The van der Waals surface area contributed by atoms with Gasteiger partial charge in [0.25, 0.3) is 0 Å². The zero-order chi connectivity index (χ0) is 21.3. The second-order valence-electron chi connectivity index (χ2n) is 6.85. The Kier molecular flexibility index (Phi) is 6.61. The van der Waals surface area contributed by atoms with E-state index >= 15 is 0 Å². The number of esters is 1. The van der Waals surface area contributed by atoms with E-state index in [1.54, 1.807) is 12.1 Å². The molecular weight excluding hydrogens is 386 g/mol. The predicted octanol–water partition coefficient (Wildman–Crippen LogP) is 6.39. The smallest absolute Gasteiger partial charge is 0.338 e. The van der Waals surface area contributed by atoms with Gasteiger partial charge in [-0.3, -0.25) is 0 Å². The van der Waals surface area contributed by atoms with Crippen LogP contribution in [0.5, 0.6) is 5.75 Å². The van der Waals surface area contributed by atoms with Crippen molar-refractivity contribution in [3.05, 3.63) is 121 Å². The first-order valence-electron chi connectivity index (χ1n) is 10.2. The van der Waals surface area contributed by atoms with Crippen molar-refractivity contribution in [1.29, 1.82) is 0 Å². The van der Waals surface area contributed by atoms with Crippen LogP contribution in [0.25, 0.3) is 0 Å². The molecule has 4 rings (SSSR count). The van der Waals surface area contributed by atoms with Gasteiger partial charge in [0.05, 0.1) is 5.56 Å². The highest BCUT2D eigenvalue weighted by Gasteiger charge is 2.12. The summed E-state index contributed by atoms with van der Waals surface area (Å²) in [6, 6.07) is 37.3. The summed E-state index contributed by atoms with van der Waals surface area (Å²) in [4.78, 5) is 14.1. The lowest BCUT2D eigenvalue weighted by atomic mass is 10.2. The number of hydrogen-bond donors (Lipinski definition) is 0. The zero-order valence-electron chi connectivity index (χ0n) is 17.1. The van der Waals surface area contributed by atoms with Crippen molar-refractivity contribution < 1.29 is 14.3 Å². The van der Waals surface area contributed by atoms with Crippen molar-refractivity contribution in [1.82, 2.24) is 0 Å². The van der Waals surface area contributed by atoms with Crippen LogP contribution in [0.1, 0.15) is 10.4 Å². The molecule has 31 heavy (non-hydrogen) atoms. The maximum absolute atomic E-state index is 12.0. The summed E-state index contributed by atoms with van der Waals surface area (Å²) in [7, 11) is 0. The first-order chi connectivity index (χ1) is 15.3. The molecule has 0 aliphatic rings. The second kappa shape index (κ2) is 10.1. The first kappa shape index (κ1) is 20.2. The molecule has 0 radical (unpaired) electrons. The Labute approximate surface area is 182 Å². The SMILES string of the molecule is O=C(OCCOc1ccc(N(c2ccccc2)c2ccccc2)cc1)c1ccccc1. The van der Waals surface area contributed by atoms with E-state index < -0.39 is 0 Å². The number of rotatable bonds is 8. The molecule has 0 bridgehead atoms. The van der Waals surface area contributed by atoms with Crippen LogP contribution in [0.2, 0.25) is 0 Å². The fourth-order valence-corrected chi connectivity index (χ4v) is 3.24. The highest BCUT2D eigenvalue weighted by Crippen LogP contribution is 2.34. The third-order valence-electron chi connectivity index (χ3n) is 4.72. The van der Waals surface area contributed by atoms with E-state index in [9.17, 15) is 4.79 Å². The van der Waals surface area contributed by atoms with Crippen molar-refractivity contribution in [3.8, 4) is 5.75 Å². The molecular formula is C27H23NO3. The van der Waals surface area contributed by atoms with Crippen LogP contribution in [0.4, 0.5) is 17.1 Å². The Bertz CT molecular complexity index is 1040. The molecule has 0 saturated heterocycles. The molecule has 154 valence electrons. The number of nitrogens with zero attached hydrogens (tertiary/aromatic N) is 1. The lowest BCUT2D eigenvalue weighted by Crippen LogP contribution is -2.12. The summed E-state index contributed by atoms with van der Waals surface area (Å²) in [5, 5.41) is 0. The van der Waals surface area contributed by atoms with Crippen molar-refractivity contribution in [3.63, 3.8) is 0 Å². The van der Waals surface area contributed by atoms with Crippen molar-refractivity contribution >= 4 is 23.0 Å². The zero-order valence-corrected chi connectivity index (χ0v) is 17.1. The molecule has 0 aliphatic carbocycles. The monoisotopic (exact) mass is 409 g/mol. The number of carbonyl (C=O) groups excluding carboxylic acids is 1. The molecule has 4 heteroatoms.